The van der Waals surface area contributed by atoms with Crippen LogP contribution >= 0.6 is 0 Å². The van der Waals surface area contributed by atoms with Gasteiger partial charge in [0.1, 0.15) is 0 Å². The van der Waals surface area contributed by atoms with Crippen LogP contribution in [0.15, 0.2) is 18.6 Å². The zero-order chi connectivity index (χ0) is 10.7. The van der Waals surface area contributed by atoms with Gasteiger partial charge in [0.2, 0.25) is 5.78 Å². The van der Waals surface area contributed by atoms with Crippen molar-refractivity contribution in [3.05, 3.63) is 30.1 Å². The van der Waals surface area contributed by atoms with Gasteiger partial charge in [-0.15, -0.1) is 0 Å². The first-order chi connectivity index (χ1) is 7.33. The highest BCUT2D eigenvalue weighted by molar-refractivity contribution is 6.04. The molecule has 0 amide bonds. The van der Waals surface area contributed by atoms with Gasteiger partial charge in [-0.2, -0.15) is 15.4 Å². The predicted molar refractivity (Wildman–Crippen MR) is 52.3 cm³/mol. The summed E-state index contributed by atoms with van der Waals surface area (Å²) < 4.78 is 1.82. The minimum absolute atomic E-state index is 0.206. The van der Waals surface area contributed by atoms with Crippen LogP contribution in [-0.4, -0.2) is 30.7 Å². The van der Waals surface area contributed by atoms with Crippen molar-refractivity contribution >= 4 is 5.78 Å². The molecule has 0 atom stereocenters. The number of nitrogens with zero attached hydrogens (tertiary/aromatic N) is 4. The Hall–Kier alpha value is -1.98. The summed E-state index contributed by atoms with van der Waals surface area (Å²) in [6.45, 7) is 2.82. The summed E-state index contributed by atoms with van der Waals surface area (Å²) in [6.07, 6.45) is 5.75. The first-order valence-corrected chi connectivity index (χ1v) is 4.74. The summed E-state index contributed by atoms with van der Waals surface area (Å²) >= 11 is 0. The Bertz CT molecular complexity index is 445. The number of carbonyl (C=O) groups excluding carboxylic acids is 1. The summed E-state index contributed by atoms with van der Waals surface area (Å²) in [7, 11) is 0. The number of aromatic nitrogens is 5. The normalized spacial score (nSPS) is 10.5. The number of rotatable bonds is 4. The number of ketones is 1. The van der Waals surface area contributed by atoms with Crippen LogP contribution in [0.3, 0.4) is 0 Å². The Balaban J connectivity index is 2.29. The molecule has 6 heteroatoms. The van der Waals surface area contributed by atoms with E-state index >= 15 is 0 Å². The van der Waals surface area contributed by atoms with E-state index in [2.05, 4.69) is 20.4 Å². The van der Waals surface area contributed by atoms with E-state index in [9.17, 15) is 4.79 Å². The van der Waals surface area contributed by atoms with Crippen LogP contribution in [0, 0.1) is 0 Å². The van der Waals surface area contributed by atoms with E-state index in [1.54, 1.807) is 12.4 Å². The molecule has 0 radical (unpaired) electrons. The van der Waals surface area contributed by atoms with Crippen molar-refractivity contribution in [3.63, 3.8) is 0 Å². The van der Waals surface area contributed by atoms with Crippen molar-refractivity contribution in [2.45, 2.75) is 19.9 Å². The lowest BCUT2D eigenvalue weighted by atomic mass is 10.3. The molecular formula is C9H11N5O. The first kappa shape index (κ1) is 9.57. The van der Waals surface area contributed by atoms with Crippen LogP contribution in [-0.2, 0) is 6.54 Å². The minimum Gasteiger partial charge on any atom is -0.328 e. The van der Waals surface area contributed by atoms with Crippen molar-refractivity contribution in [1.82, 2.24) is 25.0 Å². The van der Waals surface area contributed by atoms with E-state index in [-0.39, 0.29) is 5.78 Å². The van der Waals surface area contributed by atoms with Gasteiger partial charge >= 0.3 is 0 Å². The fourth-order valence-corrected chi connectivity index (χ4v) is 1.37. The third-order valence-electron chi connectivity index (χ3n) is 2.03. The molecule has 6 nitrogen and oxygen atoms in total. The Kier molecular flexibility index (Phi) is 2.57. The molecule has 0 bridgehead atoms. The van der Waals surface area contributed by atoms with E-state index in [0.717, 1.165) is 13.0 Å². The molecule has 0 aliphatic carbocycles. The second kappa shape index (κ2) is 4.04. The highest BCUT2D eigenvalue weighted by Crippen LogP contribution is 2.05. The molecule has 0 spiro atoms. The van der Waals surface area contributed by atoms with Crippen LogP contribution in [0.4, 0.5) is 0 Å². The Morgan fingerprint density at radius 1 is 1.60 bits per heavy atom. The van der Waals surface area contributed by atoms with Gasteiger partial charge in [0.25, 0.3) is 0 Å². The van der Waals surface area contributed by atoms with E-state index < -0.39 is 0 Å². The molecule has 0 aromatic carbocycles. The van der Waals surface area contributed by atoms with E-state index in [0.29, 0.717) is 11.5 Å². The number of aromatic amines is 1. The van der Waals surface area contributed by atoms with Crippen LogP contribution < -0.4 is 0 Å². The lowest BCUT2D eigenvalue weighted by Gasteiger charge is -2.02. The number of hydrogen-bond acceptors (Lipinski definition) is 4. The molecule has 2 aromatic heterocycles. The van der Waals surface area contributed by atoms with Gasteiger partial charge < -0.3 is 4.57 Å². The van der Waals surface area contributed by atoms with Gasteiger partial charge in [0.15, 0.2) is 11.5 Å². The number of aryl methyl sites for hydroxylation is 1. The van der Waals surface area contributed by atoms with Crippen LogP contribution in [0.25, 0.3) is 0 Å². The number of hydrogen-bond donors (Lipinski definition) is 1. The Labute approximate surface area is 86.3 Å². The standard InChI is InChI=1S/C9H11N5O/c1-2-4-14-5-3-10-9(14)8(15)7-6-11-13-12-7/h3,5-6H,2,4H2,1H3,(H,11,12,13). The molecule has 1 N–H and O–H groups in total. The summed E-state index contributed by atoms with van der Waals surface area (Å²) in [5.41, 5.74) is 0.290. The zero-order valence-electron chi connectivity index (χ0n) is 8.34. The number of carbonyl (C=O) groups is 1. The second-order valence-corrected chi connectivity index (χ2v) is 3.13. The molecule has 0 aliphatic rings. The largest absolute Gasteiger partial charge is 0.328 e. The first-order valence-electron chi connectivity index (χ1n) is 4.74. The third-order valence-corrected chi connectivity index (χ3v) is 2.03. The summed E-state index contributed by atoms with van der Waals surface area (Å²) in [5.74, 6) is 0.202. The fourth-order valence-electron chi connectivity index (χ4n) is 1.37. The second-order valence-electron chi connectivity index (χ2n) is 3.13. The molecule has 15 heavy (non-hydrogen) atoms. The zero-order valence-corrected chi connectivity index (χ0v) is 8.34. The van der Waals surface area contributed by atoms with Gasteiger partial charge in [-0.1, -0.05) is 6.92 Å². The summed E-state index contributed by atoms with van der Waals surface area (Å²) in [5, 5.41) is 9.74. The maximum atomic E-state index is 11.9. The SMILES string of the molecule is CCCn1ccnc1C(=O)c1cn[nH]n1. The van der Waals surface area contributed by atoms with Crippen LogP contribution in [0.1, 0.15) is 29.7 Å². The van der Waals surface area contributed by atoms with Gasteiger partial charge in [0, 0.05) is 18.9 Å². The topological polar surface area (TPSA) is 76.5 Å². The lowest BCUT2D eigenvalue weighted by Crippen LogP contribution is -2.11. The minimum atomic E-state index is -0.206. The number of H-pyrrole nitrogens is 1. The van der Waals surface area contributed by atoms with Crippen molar-refractivity contribution in [2.75, 3.05) is 0 Å². The Morgan fingerprint density at radius 3 is 3.13 bits per heavy atom. The predicted octanol–water partition coefficient (Wildman–Crippen LogP) is 0.642. The van der Waals surface area contributed by atoms with Gasteiger partial charge in [-0.05, 0) is 6.42 Å². The van der Waals surface area contributed by atoms with Gasteiger partial charge in [-0.3, -0.25) is 4.79 Å². The monoisotopic (exact) mass is 205 g/mol. The molecule has 0 unspecified atom stereocenters. The van der Waals surface area contributed by atoms with Gasteiger partial charge in [-0.25, -0.2) is 4.98 Å². The van der Waals surface area contributed by atoms with Crippen molar-refractivity contribution < 1.29 is 4.79 Å². The lowest BCUT2D eigenvalue weighted by molar-refractivity contribution is 0.102. The summed E-state index contributed by atoms with van der Waals surface area (Å²) in [6, 6.07) is 0. The molecule has 2 rings (SSSR count). The van der Waals surface area contributed by atoms with Crippen molar-refractivity contribution in [2.24, 2.45) is 0 Å². The quantitative estimate of drug-likeness (QED) is 0.743. The maximum Gasteiger partial charge on any atom is 0.250 e. The molecule has 0 saturated heterocycles. The van der Waals surface area contributed by atoms with E-state index in [4.69, 9.17) is 0 Å². The van der Waals surface area contributed by atoms with Crippen LogP contribution in [0.5, 0.6) is 0 Å². The smallest absolute Gasteiger partial charge is 0.250 e. The average Bonchev–Trinajstić information content (AvgIpc) is 2.87. The van der Waals surface area contributed by atoms with Gasteiger partial charge in [0.05, 0.1) is 6.20 Å². The van der Waals surface area contributed by atoms with Crippen LogP contribution in [0.2, 0.25) is 0 Å². The highest BCUT2D eigenvalue weighted by Gasteiger charge is 2.16. The molecular weight excluding hydrogens is 194 g/mol. The average molecular weight is 205 g/mol. The summed E-state index contributed by atoms with van der Waals surface area (Å²) in [4.78, 5) is 15.9. The fraction of sp³-hybridized carbons (Fsp3) is 0.333. The van der Waals surface area contributed by atoms with Crippen molar-refractivity contribution in [3.8, 4) is 0 Å². The molecule has 0 saturated carbocycles. The molecule has 78 valence electrons. The van der Waals surface area contributed by atoms with E-state index in [1.807, 2.05) is 11.5 Å². The molecule has 0 fully saturated rings. The van der Waals surface area contributed by atoms with E-state index in [1.165, 1.54) is 6.20 Å². The number of imidazole rings is 1. The molecule has 2 heterocycles. The Morgan fingerprint density at radius 2 is 2.47 bits per heavy atom. The molecule has 0 aliphatic heterocycles. The molecule has 2 aromatic rings. The number of nitrogens with one attached hydrogen (secondary N) is 1. The highest BCUT2D eigenvalue weighted by atomic mass is 16.1. The third kappa shape index (κ3) is 1.78. The van der Waals surface area contributed by atoms with Crippen molar-refractivity contribution in [1.29, 1.82) is 0 Å². The maximum absolute atomic E-state index is 11.9.